The molecule has 0 aliphatic carbocycles. The summed E-state index contributed by atoms with van der Waals surface area (Å²) in [6.45, 7) is 5.27. The van der Waals surface area contributed by atoms with Crippen LogP contribution in [0.4, 0.5) is 11.4 Å². The molecule has 0 aromatic heterocycles. The van der Waals surface area contributed by atoms with Crippen molar-refractivity contribution >= 4 is 17.3 Å². The molecule has 0 aliphatic heterocycles. The molecule has 0 bridgehead atoms. The van der Waals surface area contributed by atoms with Gasteiger partial charge in [-0.3, -0.25) is 19.8 Å². The predicted octanol–water partition coefficient (Wildman–Crippen LogP) is 1.38. The number of amides is 1. The number of likely N-dealkylation sites (N-methyl/N-ethyl adjacent to an activating group) is 1. The highest BCUT2D eigenvalue weighted by Crippen LogP contribution is 2.20. The number of nitro groups is 1. The highest BCUT2D eigenvalue weighted by atomic mass is 16.6. The van der Waals surface area contributed by atoms with E-state index in [4.69, 9.17) is 5.73 Å². The molecule has 0 aliphatic rings. The second-order valence-electron chi connectivity index (χ2n) is 5.51. The fraction of sp³-hybridized carbons (Fsp3) is 0.500. The van der Waals surface area contributed by atoms with E-state index in [0.717, 1.165) is 0 Å². The second kappa shape index (κ2) is 7.58. The summed E-state index contributed by atoms with van der Waals surface area (Å²) in [5.41, 5.74) is 6.94. The van der Waals surface area contributed by atoms with E-state index in [1.807, 2.05) is 13.8 Å². The Morgan fingerprint density at radius 1 is 1.48 bits per heavy atom. The van der Waals surface area contributed by atoms with Gasteiger partial charge in [-0.2, -0.15) is 0 Å². The zero-order valence-electron chi connectivity index (χ0n) is 12.6. The first-order valence-electron chi connectivity index (χ1n) is 6.77. The maximum Gasteiger partial charge on any atom is 0.269 e. The molecule has 0 unspecified atom stereocenters. The molecule has 1 rings (SSSR count). The van der Waals surface area contributed by atoms with Crippen LogP contribution >= 0.6 is 0 Å². The van der Waals surface area contributed by atoms with E-state index in [-0.39, 0.29) is 18.1 Å². The lowest BCUT2D eigenvalue weighted by atomic mass is 10.1. The third-order valence-corrected chi connectivity index (χ3v) is 2.90. The first-order valence-corrected chi connectivity index (χ1v) is 6.77. The van der Waals surface area contributed by atoms with Gasteiger partial charge < -0.3 is 11.1 Å². The molecule has 0 saturated carbocycles. The minimum atomic E-state index is -0.460. The maximum atomic E-state index is 11.7. The molecule has 0 atom stereocenters. The molecule has 1 aromatic rings. The van der Waals surface area contributed by atoms with Crippen molar-refractivity contribution in [3.63, 3.8) is 0 Å². The number of hydrogen-bond donors (Lipinski definition) is 2. The number of anilines is 1. The van der Waals surface area contributed by atoms with Gasteiger partial charge in [-0.15, -0.1) is 0 Å². The number of carbonyl (C=O) groups is 1. The van der Waals surface area contributed by atoms with Crippen molar-refractivity contribution in [2.24, 2.45) is 5.92 Å². The van der Waals surface area contributed by atoms with Gasteiger partial charge in [0.2, 0.25) is 5.91 Å². The van der Waals surface area contributed by atoms with Crippen LogP contribution in [0.15, 0.2) is 18.2 Å². The Labute approximate surface area is 124 Å². The number of nitro benzene ring substituents is 1. The van der Waals surface area contributed by atoms with Gasteiger partial charge in [0.25, 0.3) is 5.69 Å². The van der Waals surface area contributed by atoms with Gasteiger partial charge >= 0.3 is 0 Å². The van der Waals surface area contributed by atoms with Gasteiger partial charge in [0.1, 0.15) is 0 Å². The van der Waals surface area contributed by atoms with Crippen molar-refractivity contribution in [2.75, 3.05) is 25.9 Å². The standard InChI is InChI=1S/C14H22N4O3/c1-10(2)7-16-14(19)9-17(3)8-11-6-12(18(20)21)4-5-13(11)15/h4-6,10H,7-9,15H2,1-3H3,(H,16,19). The third-order valence-electron chi connectivity index (χ3n) is 2.90. The van der Waals surface area contributed by atoms with Crippen LogP contribution < -0.4 is 11.1 Å². The van der Waals surface area contributed by atoms with Crippen LogP contribution in [0.25, 0.3) is 0 Å². The summed E-state index contributed by atoms with van der Waals surface area (Å²) >= 11 is 0. The number of rotatable bonds is 7. The number of nitrogens with two attached hydrogens (primary N) is 1. The number of benzene rings is 1. The number of nitrogens with zero attached hydrogens (tertiary/aromatic N) is 2. The fourth-order valence-corrected chi connectivity index (χ4v) is 1.81. The molecular weight excluding hydrogens is 272 g/mol. The van der Waals surface area contributed by atoms with Gasteiger partial charge in [0.15, 0.2) is 0 Å². The number of hydrogen-bond acceptors (Lipinski definition) is 5. The average molecular weight is 294 g/mol. The molecule has 0 heterocycles. The normalized spacial score (nSPS) is 10.9. The van der Waals surface area contributed by atoms with E-state index in [0.29, 0.717) is 30.3 Å². The molecule has 1 aromatic carbocycles. The Hall–Kier alpha value is -2.15. The Morgan fingerprint density at radius 2 is 2.14 bits per heavy atom. The van der Waals surface area contributed by atoms with E-state index >= 15 is 0 Å². The van der Waals surface area contributed by atoms with Gasteiger partial charge in [0.05, 0.1) is 11.5 Å². The molecular formula is C14H22N4O3. The number of carbonyl (C=O) groups excluding carboxylic acids is 1. The van der Waals surface area contributed by atoms with Gasteiger partial charge in [0, 0.05) is 30.9 Å². The Morgan fingerprint density at radius 3 is 2.71 bits per heavy atom. The molecule has 1 amide bonds. The maximum absolute atomic E-state index is 11.7. The monoisotopic (exact) mass is 294 g/mol. The lowest BCUT2D eigenvalue weighted by Crippen LogP contribution is -2.36. The lowest BCUT2D eigenvalue weighted by molar-refractivity contribution is -0.384. The second-order valence-corrected chi connectivity index (χ2v) is 5.51. The molecule has 7 heteroatoms. The van der Waals surface area contributed by atoms with Crippen LogP contribution in [-0.4, -0.2) is 35.9 Å². The minimum absolute atomic E-state index is 0.00291. The number of nitrogens with one attached hydrogen (secondary N) is 1. The Balaban J connectivity index is 2.62. The first-order chi connectivity index (χ1) is 9.79. The SMILES string of the molecule is CC(C)CNC(=O)CN(C)Cc1cc([N+](=O)[O-])ccc1N. The Bertz CT molecular complexity index is 517. The van der Waals surface area contributed by atoms with E-state index < -0.39 is 4.92 Å². The quantitative estimate of drug-likeness (QED) is 0.449. The van der Waals surface area contributed by atoms with Crippen molar-refractivity contribution in [1.29, 1.82) is 0 Å². The highest BCUT2D eigenvalue weighted by Gasteiger charge is 2.12. The molecule has 3 N–H and O–H groups in total. The smallest absolute Gasteiger partial charge is 0.269 e. The van der Waals surface area contributed by atoms with Crippen molar-refractivity contribution in [3.05, 3.63) is 33.9 Å². The van der Waals surface area contributed by atoms with Crippen LogP contribution in [0.1, 0.15) is 19.4 Å². The largest absolute Gasteiger partial charge is 0.398 e. The van der Waals surface area contributed by atoms with Crippen LogP contribution in [0.2, 0.25) is 0 Å². The van der Waals surface area contributed by atoms with Crippen molar-refractivity contribution < 1.29 is 9.72 Å². The average Bonchev–Trinajstić information content (AvgIpc) is 2.38. The molecule has 21 heavy (non-hydrogen) atoms. The summed E-state index contributed by atoms with van der Waals surface area (Å²) in [6, 6.07) is 4.33. The predicted molar refractivity (Wildman–Crippen MR) is 81.7 cm³/mol. The molecule has 0 radical (unpaired) electrons. The molecule has 116 valence electrons. The van der Waals surface area contributed by atoms with Gasteiger partial charge in [-0.25, -0.2) is 0 Å². The number of nitrogen functional groups attached to an aromatic ring is 1. The zero-order valence-corrected chi connectivity index (χ0v) is 12.6. The summed E-state index contributed by atoms with van der Waals surface area (Å²) in [7, 11) is 1.77. The van der Waals surface area contributed by atoms with E-state index in [9.17, 15) is 14.9 Å². The van der Waals surface area contributed by atoms with Crippen molar-refractivity contribution in [2.45, 2.75) is 20.4 Å². The summed E-state index contributed by atoms with van der Waals surface area (Å²) in [4.78, 5) is 23.8. The summed E-state index contributed by atoms with van der Waals surface area (Å²) < 4.78 is 0. The van der Waals surface area contributed by atoms with Crippen LogP contribution in [0, 0.1) is 16.0 Å². The summed E-state index contributed by atoms with van der Waals surface area (Å²) in [6.07, 6.45) is 0. The minimum Gasteiger partial charge on any atom is -0.398 e. The van der Waals surface area contributed by atoms with Crippen LogP contribution in [0.3, 0.4) is 0 Å². The highest BCUT2D eigenvalue weighted by molar-refractivity contribution is 5.78. The zero-order chi connectivity index (χ0) is 16.0. The van der Waals surface area contributed by atoms with Crippen molar-refractivity contribution in [1.82, 2.24) is 10.2 Å². The first kappa shape index (κ1) is 16.9. The number of non-ortho nitro benzene ring substituents is 1. The third kappa shape index (κ3) is 5.78. The fourth-order valence-electron chi connectivity index (χ4n) is 1.81. The molecule has 7 nitrogen and oxygen atoms in total. The molecule has 0 saturated heterocycles. The summed E-state index contributed by atoms with van der Waals surface area (Å²) in [5, 5.41) is 13.6. The molecule has 0 spiro atoms. The Kier molecular flexibility index (Phi) is 6.10. The lowest BCUT2D eigenvalue weighted by Gasteiger charge is -2.17. The summed E-state index contributed by atoms with van der Waals surface area (Å²) in [5.74, 6) is 0.321. The van der Waals surface area contributed by atoms with E-state index in [1.54, 1.807) is 11.9 Å². The van der Waals surface area contributed by atoms with Crippen LogP contribution in [0.5, 0.6) is 0 Å². The molecule has 0 fully saturated rings. The topological polar surface area (TPSA) is 102 Å². The van der Waals surface area contributed by atoms with Crippen LogP contribution in [-0.2, 0) is 11.3 Å². The van der Waals surface area contributed by atoms with E-state index in [1.165, 1.54) is 18.2 Å². The van der Waals surface area contributed by atoms with E-state index in [2.05, 4.69) is 5.32 Å². The van der Waals surface area contributed by atoms with Gasteiger partial charge in [-0.1, -0.05) is 13.8 Å². The van der Waals surface area contributed by atoms with Crippen molar-refractivity contribution in [3.8, 4) is 0 Å². The van der Waals surface area contributed by atoms with Gasteiger partial charge in [-0.05, 0) is 24.6 Å².